The molecule has 1 aromatic carbocycles. The average Bonchev–Trinajstić information content (AvgIpc) is 3.51. The number of piperazine rings is 1. The third kappa shape index (κ3) is 6.30. The highest BCUT2D eigenvalue weighted by Gasteiger charge is 2.28. The lowest BCUT2D eigenvalue weighted by Gasteiger charge is -2.42. The van der Waals surface area contributed by atoms with Crippen molar-refractivity contribution in [2.75, 3.05) is 75.1 Å². The molecule has 1 atom stereocenters. The first-order chi connectivity index (χ1) is 20.4. The van der Waals surface area contributed by atoms with Gasteiger partial charge in [-0.2, -0.15) is 0 Å². The Balaban J connectivity index is 1.21. The van der Waals surface area contributed by atoms with Crippen LogP contribution < -0.4 is 21.3 Å². The monoisotopic (exact) mass is 575 g/mol. The Bertz CT molecular complexity index is 1390. The molecule has 3 saturated heterocycles. The number of carbonyl (C=O) groups is 1. The van der Waals surface area contributed by atoms with Crippen molar-refractivity contribution in [3.05, 3.63) is 54.2 Å². The van der Waals surface area contributed by atoms with Crippen molar-refractivity contribution in [1.29, 1.82) is 0 Å². The molecule has 2 aromatic heterocycles. The number of benzene rings is 1. The number of aromatic nitrogens is 3. The first kappa shape index (κ1) is 28.3. The molecule has 12 heteroatoms. The van der Waals surface area contributed by atoms with E-state index >= 15 is 4.39 Å². The van der Waals surface area contributed by atoms with Crippen molar-refractivity contribution >= 4 is 28.9 Å². The van der Waals surface area contributed by atoms with Gasteiger partial charge in [0.15, 0.2) is 17.3 Å². The molecule has 11 nitrogen and oxygen atoms in total. The van der Waals surface area contributed by atoms with E-state index in [0.717, 1.165) is 64.1 Å². The van der Waals surface area contributed by atoms with Crippen LogP contribution in [0.5, 0.6) is 0 Å². The fourth-order valence-electron chi connectivity index (χ4n) is 5.98. The van der Waals surface area contributed by atoms with E-state index in [1.807, 2.05) is 0 Å². The van der Waals surface area contributed by atoms with Gasteiger partial charge in [-0.3, -0.25) is 14.7 Å². The molecular weight excluding hydrogens is 537 g/mol. The number of halogens is 1. The zero-order valence-electron chi connectivity index (χ0n) is 23.9. The van der Waals surface area contributed by atoms with Crippen molar-refractivity contribution in [2.45, 2.75) is 31.3 Å². The van der Waals surface area contributed by atoms with Gasteiger partial charge in [-0.15, -0.1) is 0 Å². The van der Waals surface area contributed by atoms with Gasteiger partial charge >= 0.3 is 0 Å². The van der Waals surface area contributed by atoms with Crippen molar-refractivity contribution < 1.29 is 13.9 Å². The smallest absolute Gasteiger partial charge is 0.271 e. The van der Waals surface area contributed by atoms with Gasteiger partial charge in [-0.1, -0.05) is 0 Å². The lowest BCUT2D eigenvalue weighted by atomic mass is 10.0. The Morgan fingerprint density at radius 2 is 1.76 bits per heavy atom. The van der Waals surface area contributed by atoms with Crippen LogP contribution in [0.2, 0.25) is 0 Å². The molecule has 3 aliphatic rings. The topological polar surface area (TPSA) is 125 Å². The number of nitrogens with one attached hydrogen (secondary N) is 2. The molecule has 222 valence electrons. The molecule has 6 rings (SSSR count). The van der Waals surface area contributed by atoms with Crippen LogP contribution >= 0.6 is 0 Å². The number of amides is 1. The van der Waals surface area contributed by atoms with Crippen LogP contribution in [0.1, 0.15) is 29.8 Å². The average molecular weight is 576 g/mol. The van der Waals surface area contributed by atoms with E-state index in [1.165, 1.54) is 6.07 Å². The molecule has 0 unspecified atom stereocenters. The van der Waals surface area contributed by atoms with Gasteiger partial charge < -0.3 is 30.9 Å². The zero-order chi connectivity index (χ0) is 29.1. The van der Waals surface area contributed by atoms with E-state index in [-0.39, 0.29) is 23.4 Å². The van der Waals surface area contributed by atoms with E-state index in [9.17, 15) is 4.79 Å². The highest BCUT2D eigenvalue weighted by atomic mass is 19.1. The second-order valence-corrected chi connectivity index (χ2v) is 11.3. The standard InChI is InChI=1S/C30H38FN9O2/c1-38-13-15-39(16-14-38)23-6-11-40(12-7-23)25-3-2-21(18-24(25)31)34-30-27(28(32)41)36-26(20-4-9-33-10-5-20)29(37-30)35-22-8-17-42-19-22/h2-5,9-10,18,22-23H,6-8,11-17,19H2,1H3,(H2,32,41)(H2,34,35,37)/t22-/m1/s1. The minimum atomic E-state index is -0.739. The maximum atomic E-state index is 15.5. The fourth-order valence-corrected chi connectivity index (χ4v) is 5.98. The summed E-state index contributed by atoms with van der Waals surface area (Å²) < 4.78 is 21.0. The molecular formula is C30H38FN9O2. The van der Waals surface area contributed by atoms with Crippen LogP contribution in [0.25, 0.3) is 11.3 Å². The van der Waals surface area contributed by atoms with Gasteiger partial charge in [0.25, 0.3) is 5.91 Å². The number of anilines is 4. The van der Waals surface area contributed by atoms with Crippen LogP contribution in [0.3, 0.4) is 0 Å². The van der Waals surface area contributed by atoms with E-state index in [1.54, 1.807) is 36.7 Å². The molecule has 4 N–H and O–H groups in total. The summed E-state index contributed by atoms with van der Waals surface area (Å²) in [5.74, 6) is -0.441. The number of ether oxygens (including phenoxy) is 1. The molecule has 0 aliphatic carbocycles. The lowest BCUT2D eigenvalue weighted by Crippen LogP contribution is -2.52. The number of rotatable bonds is 8. The third-order valence-corrected chi connectivity index (χ3v) is 8.42. The summed E-state index contributed by atoms with van der Waals surface area (Å²) in [6, 6.07) is 9.20. The third-order valence-electron chi connectivity index (χ3n) is 8.42. The molecule has 5 heterocycles. The van der Waals surface area contributed by atoms with Crippen molar-refractivity contribution in [2.24, 2.45) is 5.73 Å². The Labute approximate surface area is 245 Å². The molecule has 0 radical (unpaired) electrons. The summed E-state index contributed by atoms with van der Waals surface area (Å²) in [6.45, 7) is 7.22. The number of nitrogens with zero attached hydrogens (tertiary/aromatic N) is 6. The number of hydrogen-bond donors (Lipinski definition) is 3. The van der Waals surface area contributed by atoms with Crippen molar-refractivity contribution in [3.8, 4) is 11.3 Å². The Kier molecular flexibility index (Phi) is 8.45. The molecule has 1 amide bonds. The Hall–Kier alpha value is -3.87. The summed E-state index contributed by atoms with van der Waals surface area (Å²) in [6.07, 6.45) is 6.15. The second-order valence-electron chi connectivity index (χ2n) is 11.3. The van der Waals surface area contributed by atoms with E-state index in [4.69, 9.17) is 15.5 Å². The maximum absolute atomic E-state index is 15.5. The molecule has 0 bridgehead atoms. The number of likely N-dealkylation sites (N-methyl/N-ethyl adjacent to an activating group) is 1. The van der Waals surface area contributed by atoms with E-state index < -0.39 is 5.91 Å². The van der Waals surface area contributed by atoms with E-state index in [0.29, 0.717) is 42.1 Å². The molecule has 3 aliphatic heterocycles. The summed E-state index contributed by atoms with van der Waals surface area (Å²) in [4.78, 5) is 33.0. The fraction of sp³-hybridized carbons (Fsp3) is 0.467. The predicted octanol–water partition coefficient (Wildman–Crippen LogP) is 2.94. The van der Waals surface area contributed by atoms with Gasteiger partial charge in [-0.05, 0) is 56.6 Å². The maximum Gasteiger partial charge on any atom is 0.271 e. The van der Waals surface area contributed by atoms with Crippen LogP contribution in [0.15, 0.2) is 42.7 Å². The molecule has 0 spiro atoms. The molecule has 3 fully saturated rings. The Morgan fingerprint density at radius 1 is 1.00 bits per heavy atom. The van der Waals surface area contributed by atoms with Gasteiger partial charge in [-0.25, -0.2) is 14.4 Å². The number of hydrogen-bond acceptors (Lipinski definition) is 10. The van der Waals surface area contributed by atoms with Crippen LogP contribution in [0.4, 0.5) is 27.4 Å². The first-order valence-electron chi connectivity index (χ1n) is 14.7. The molecule has 3 aromatic rings. The molecule has 0 saturated carbocycles. The number of carbonyl (C=O) groups excluding carboxylic acids is 1. The van der Waals surface area contributed by atoms with Crippen molar-refractivity contribution in [3.63, 3.8) is 0 Å². The quantitative estimate of drug-likeness (QED) is 0.369. The van der Waals surface area contributed by atoms with Gasteiger partial charge in [0.1, 0.15) is 11.5 Å². The second kappa shape index (κ2) is 12.6. The van der Waals surface area contributed by atoms with Crippen molar-refractivity contribution in [1.82, 2.24) is 24.8 Å². The highest BCUT2D eigenvalue weighted by molar-refractivity contribution is 5.97. The largest absolute Gasteiger partial charge is 0.379 e. The minimum Gasteiger partial charge on any atom is -0.379 e. The normalized spacial score (nSPS) is 20.5. The summed E-state index contributed by atoms with van der Waals surface area (Å²) in [5.41, 5.74) is 7.94. The SMILES string of the molecule is CN1CCN(C2CCN(c3ccc(Nc4nc(N[C@@H]5CCOC5)c(-c5ccncc5)nc4C(N)=O)cc3F)CC2)CC1. The minimum absolute atomic E-state index is 0.0366. The number of piperidine rings is 1. The number of primary amides is 1. The van der Waals surface area contributed by atoms with Crippen LogP contribution in [-0.4, -0.2) is 102 Å². The van der Waals surface area contributed by atoms with E-state index in [2.05, 4.69) is 42.3 Å². The summed E-state index contributed by atoms with van der Waals surface area (Å²) in [7, 11) is 2.17. The van der Waals surface area contributed by atoms with Crippen LogP contribution in [-0.2, 0) is 4.74 Å². The Morgan fingerprint density at radius 3 is 2.43 bits per heavy atom. The van der Waals surface area contributed by atoms with Gasteiger partial charge in [0, 0.05) is 75.6 Å². The lowest BCUT2D eigenvalue weighted by molar-refractivity contribution is 0.0981. The van der Waals surface area contributed by atoms with Gasteiger partial charge in [0.2, 0.25) is 0 Å². The van der Waals surface area contributed by atoms with Gasteiger partial charge in [0.05, 0.1) is 18.3 Å². The highest BCUT2D eigenvalue weighted by Crippen LogP contribution is 2.32. The summed E-state index contributed by atoms with van der Waals surface area (Å²) >= 11 is 0. The first-order valence-corrected chi connectivity index (χ1v) is 14.7. The predicted molar refractivity (Wildman–Crippen MR) is 161 cm³/mol. The molecule has 42 heavy (non-hydrogen) atoms. The number of nitrogens with two attached hydrogens (primary N) is 1. The summed E-state index contributed by atoms with van der Waals surface area (Å²) in [5, 5.41) is 6.49. The number of pyridine rings is 1. The zero-order valence-corrected chi connectivity index (χ0v) is 23.9. The van der Waals surface area contributed by atoms with Crippen LogP contribution in [0, 0.1) is 5.82 Å².